The highest BCUT2D eigenvalue weighted by Gasteiger charge is 2.11. The second-order valence-corrected chi connectivity index (χ2v) is 4.16. The Hall–Kier alpha value is -2.74. The van der Waals surface area contributed by atoms with Crippen molar-refractivity contribution in [2.45, 2.75) is 13.5 Å². The summed E-state index contributed by atoms with van der Waals surface area (Å²) in [4.78, 5) is 0. The molecule has 0 aliphatic heterocycles. The molecule has 4 nitrogen and oxygen atoms in total. The van der Waals surface area contributed by atoms with Crippen LogP contribution in [-0.2, 0) is 6.61 Å². The highest BCUT2D eigenvalue weighted by molar-refractivity contribution is 5.41. The maximum atomic E-state index is 13.7. The van der Waals surface area contributed by atoms with E-state index in [0.717, 1.165) is 6.07 Å². The quantitative estimate of drug-likeness (QED) is 0.868. The molecule has 0 atom stereocenters. The first-order chi connectivity index (χ1) is 9.61. The van der Waals surface area contributed by atoms with Gasteiger partial charge in [0, 0.05) is 11.6 Å². The Morgan fingerprint density at radius 3 is 2.75 bits per heavy atom. The first-order valence-corrected chi connectivity index (χ1v) is 5.87. The van der Waals surface area contributed by atoms with Crippen LogP contribution in [0.25, 0.3) is 0 Å². The number of phenolic OH excluding ortho intramolecular Hbond substituents is 1. The van der Waals surface area contributed by atoms with Crippen molar-refractivity contribution in [3.05, 3.63) is 53.3 Å². The van der Waals surface area contributed by atoms with Gasteiger partial charge in [-0.3, -0.25) is 0 Å². The number of nitrogens with zero attached hydrogens (tertiary/aromatic N) is 1. The first kappa shape index (κ1) is 13.7. The number of halogens is 1. The average molecular weight is 273 g/mol. The third-order valence-corrected chi connectivity index (χ3v) is 2.71. The molecule has 2 rings (SSSR count). The van der Waals surface area contributed by atoms with E-state index in [0.29, 0.717) is 16.9 Å². The average Bonchev–Trinajstić information content (AvgIpc) is 2.39. The van der Waals surface area contributed by atoms with Crippen molar-refractivity contribution < 1.29 is 19.0 Å². The molecule has 0 unspecified atom stereocenters. The number of rotatable bonds is 4. The number of hydrogen-bond donors (Lipinski definition) is 1. The van der Waals surface area contributed by atoms with Gasteiger partial charge in [-0.05, 0) is 24.6 Å². The summed E-state index contributed by atoms with van der Waals surface area (Å²) in [6.07, 6.45) is 1.59. The number of ether oxygens (including phenoxy) is 2. The zero-order valence-electron chi connectivity index (χ0n) is 10.8. The fourth-order valence-electron chi connectivity index (χ4n) is 1.82. The third-order valence-electron chi connectivity index (χ3n) is 2.71. The van der Waals surface area contributed by atoms with E-state index in [1.54, 1.807) is 37.4 Å². The molecule has 0 aromatic heterocycles. The van der Waals surface area contributed by atoms with Crippen molar-refractivity contribution in [2.75, 3.05) is 0 Å². The van der Waals surface area contributed by atoms with E-state index in [1.807, 2.05) is 0 Å². The molecule has 2 aromatic carbocycles. The lowest BCUT2D eigenvalue weighted by molar-refractivity contribution is 0.282. The Labute approximate surface area is 115 Å². The van der Waals surface area contributed by atoms with Gasteiger partial charge in [-0.25, -0.2) is 4.39 Å². The van der Waals surface area contributed by atoms with Crippen molar-refractivity contribution >= 4 is 0 Å². The molecule has 5 heteroatoms. The number of aryl methyl sites for hydroxylation is 1. The van der Waals surface area contributed by atoms with Gasteiger partial charge in [0.05, 0.1) is 0 Å². The van der Waals surface area contributed by atoms with Gasteiger partial charge in [0.25, 0.3) is 6.26 Å². The van der Waals surface area contributed by atoms with E-state index in [1.165, 1.54) is 6.07 Å². The minimum Gasteiger partial charge on any atom is -0.508 e. The molecule has 0 radical (unpaired) electrons. The summed E-state index contributed by atoms with van der Waals surface area (Å²) in [6, 6.07) is 9.24. The topological polar surface area (TPSA) is 62.5 Å². The lowest BCUT2D eigenvalue weighted by Crippen LogP contribution is -2.01. The Balaban J connectivity index is 2.20. The first-order valence-electron chi connectivity index (χ1n) is 5.87. The van der Waals surface area contributed by atoms with E-state index >= 15 is 0 Å². The van der Waals surface area contributed by atoms with Crippen LogP contribution in [0.2, 0.25) is 0 Å². The Bertz CT molecular complexity index is 641. The van der Waals surface area contributed by atoms with E-state index in [9.17, 15) is 9.50 Å². The number of hydrogen-bond acceptors (Lipinski definition) is 4. The molecule has 0 saturated carbocycles. The molecular formula is C15H12FNO3. The normalized spacial score (nSPS) is 9.85. The molecule has 0 aliphatic rings. The summed E-state index contributed by atoms with van der Waals surface area (Å²) < 4.78 is 23.9. The maximum Gasteiger partial charge on any atom is 0.292 e. The molecular weight excluding hydrogens is 261 g/mol. The van der Waals surface area contributed by atoms with Gasteiger partial charge in [-0.2, -0.15) is 0 Å². The molecule has 2 aromatic rings. The number of aromatic hydroxyl groups is 1. The molecule has 0 bridgehead atoms. The summed E-state index contributed by atoms with van der Waals surface area (Å²) in [6.45, 7) is 1.69. The number of benzene rings is 2. The zero-order chi connectivity index (χ0) is 14.5. The standard InChI is InChI=1S/C15H12FNO3/c1-10-6-12(18)7-13(16)15(10)19-8-11-4-2-3-5-14(11)20-9-17/h2-7,18H,8H2,1H3. The van der Waals surface area contributed by atoms with Gasteiger partial charge >= 0.3 is 0 Å². The number of phenols is 1. The van der Waals surface area contributed by atoms with Gasteiger partial charge in [0.15, 0.2) is 11.6 Å². The van der Waals surface area contributed by atoms with Gasteiger partial charge in [0.2, 0.25) is 0 Å². The third kappa shape index (κ3) is 2.98. The van der Waals surface area contributed by atoms with Crippen molar-refractivity contribution in [3.63, 3.8) is 0 Å². The van der Waals surface area contributed by atoms with E-state index < -0.39 is 5.82 Å². The lowest BCUT2D eigenvalue weighted by Gasteiger charge is -2.12. The second kappa shape index (κ2) is 5.93. The molecule has 0 aliphatic carbocycles. The predicted molar refractivity (Wildman–Crippen MR) is 69.8 cm³/mol. The van der Waals surface area contributed by atoms with Crippen molar-refractivity contribution in [1.29, 1.82) is 5.26 Å². The van der Waals surface area contributed by atoms with Crippen LogP contribution in [0, 0.1) is 24.3 Å². The highest BCUT2D eigenvalue weighted by Crippen LogP contribution is 2.28. The molecule has 0 spiro atoms. The van der Waals surface area contributed by atoms with Crippen LogP contribution in [0.1, 0.15) is 11.1 Å². The summed E-state index contributed by atoms with van der Waals surface area (Å²) >= 11 is 0. The summed E-state index contributed by atoms with van der Waals surface area (Å²) in [7, 11) is 0. The van der Waals surface area contributed by atoms with Crippen LogP contribution in [0.5, 0.6) is 17.2 Å². The Morgan fingerprint density at radius 1 is 1.30 bits per heavy atom. The maximum absolute atomic E-state index is 13.7. The summed E-state index contributed by atoms with van der Waals surface area (Å²) in [5.74, 6) is -0.358. The van der Waals surface area contributed by atoms with Gasteiger partial charge < -0.3 is 14.6 Å². The van der Waals surface area contributed by atoms with Crippen molar-refractivity contribution in [1.82, 2.24) is 0 Å². The van der Waals surface area contributed by atoms with Crippen LogP contribution in [0.4, 0.5) is 4.39 Å². The molecule has 0 heterocycles. The van der Waals surface area contributed by atoms with Crippen LogP contribution in [-0.4, -0.2) is 5.11 Å². The minimum atomic E-state index is -0.638. The van der Waals surface area contributed by atoms with Crippen LogP contribution < -0.4 is 9.47 Å². The fraction of sp³-hybridized carbons (Fsp3) is 0.133. The molecule has 0 fully saturated rings. The minimum absolute atomic E-state index is 0.0559. The van der Waals surface area contributed by atoms with Crippen LogP contribution in [0.15, 0.2) is 36.4 Å². The number of nitriles is 1. The van der Waals surface area contributed by atoms with Crippen molar-refractivity contribution in [2.24, 2.45) is 0 Å². The van der Waals surface area contributed by atoms with E-state index in [4.69, 9.17) is 14.7 Å². The molecule has 1 N–H and O–H groups in total. The van der Waals surface area contributed by atoms with E-state index in [-0.39, 0.29) is 18.1 Å². The van der Waals surface area contributed by atoms with Crippen LogP contribution >= 0.6 is 0 Å². The zero-order valence-corrected chi connectivity index (χ0v) is 10.8. The molecule has 0 saturated heterocycles. The van der Waals surface area contributed by atoms with Crippen molar-refractivity contribution in [3.8, 4) is 23.5 Å². The molecule has 102 valence electrons. The SMILES string of the molecule is Cc1cc(O)cc(F)c1OCc1ccccc1OC#N. The summed E-state index contributed by atoms with van der Waals surface area (Å²) in [5.41, 5.74) is 1.11. The Kier molecular flexibility index (Phi) is 4.06. The highest BCUT2D eigenvalue weighted by atomic mass is 19.1. The lowest BCUT2D eigenvalue weighted by atomic mass is 10.2. The molecule has 0 amide bonds. The fourth-order valence-corrected chi connectivity index (χ4v) is 1.82. The largest absolute Gasteiger partial charge is 0.508 e. The van der Waals surface area contributed by atoms with Gasteiger partial charge in [-0.15, -0.1) is 5.26 Å². The number of para-hydroxylation sites is 1. The Morgan fingerprint density at radius 2 is 2.05 bits per heavy atom. The predicted octanol–water partition coefficient (Wildman–Crippen LogP) is 3.28. The van der Waals surface area contributed by atoms with Crippen LogP contribution in [0.3, 0.4) is 0 Å². The summed E-state index contributed by atoms with van der Waals surface area (Å²) in [5, 5.41) is 17.8. The monoisotopic (exact) mass is 273 g/mol. The van der Waals surface area contributed by atoms with E-state index in [2.05, 4.69) is 0 Å². The molecule has 20 heavy (non-hydrogen) atoms. The second-order valence-electron chi connectivity index (χ2n) is 4.16. The van der Waals surface area contributed by atoms with Gasteiger partial charge in [-0.1, -0.05) is 18.2 Å². The van der Waals surface area contributed by atoms with Gasteiger partial charge in [0.1, 0.15) is 18.1 Å². The smallest absolute Gasteiger partial charge is 0.292 e.